The second-order valence-electron chi connectivity index (χ2n) is 7.21. The van der Waals surface area contributed by atoms with Gasteiger partial charge in [-0.2, -0.15) is 0 Å². The predicted octanol–water partition coefficient (Wildman–Crippen LogP) is 1.71. The van der Waals surface area contributed by atoms with E-state index in [-0.39, 0.29) is 0 Å². The third-order valence-corrected chi connectivity index (χ3v) is 6.87. The Labute approximate surface area is 173 Å². The van der Waals surface area contributed by atoms with E-state index in [2.05, 4.69) is 15.2 Å². The van der Waals surface area contributed by atoms with Crippen molar-refractivity contribution in [2.24, 2.45) is 0 Å². The van der Waals surface area contributed by atoms with Crippen LogP contribution in [0.5, 0.6) is 0 Å². The highest BCUT2D eigenvalue weighted by molar-refractivity contribution is 7.89. The summed E-state index contributed by atoms with van der Waals surface area (Å²) in [5.74, 6) is 0. The van der Waals surface area contributed by atoms with Crippen LogP contribution in [-0.2, 0) is 27.8 Å². The number of hydrogen-bond acceptors (Lipinski definition) is 6. The smallest absolute Gasteiger partial charge is 0.242 e. The van der Waals surface area contributed by atoms with Gasteiger partial charge in [0.05, 0.1) is 23.8 Å². The largest absolute Gasteiger partial charge is 0.379 e. The molecule has 158 valence electrons. The van der Waals surface area contributed by atoms with Gasteiger partial charge < -0.3 is 10.1 Å². The maximum atomic E-state index is 12.9. The fourth-order valence-electron chi connectivity index (χ4n) is 3.30. The fourth-order valence-corrected chi connectivity index (χ4v) is 4.58. The van der Waals surface area contributed by atoms with Crippen molar-refractivity contribution in [1.29, 1.82) is 0 Å². The van der Waals surface area contributed by atoms with Crippen molar-refractivity contribution in [3.8, 4) is 0 Å². The molecule has 8 heteroatoms. The molecule has 1 aliphatic heterocycles. The van der Waals surface area contributed by atoms with E-state index in [9.17, 15) is 8.42 Å². The van der Waals surface area contributed by atoms with E-state index >= 15 is 0 Å². The molecule has 0 aliphatic carbocycles. The maximum Gasteiger partial charge on any atom is 0.242 e. The molecule has 1 aromatic carbocycles. The van der Waals surface area contributed by atoms with Crippen molar-refractivity contribution < 1.29 is 13.2 Å². The van der Waals surface area contributed by atoms with Crippen LogP contribution in [0.2, 0.25) is 0 Å². The molecule has 2 aromatic rings. The van der Waals surface area contributed by atoms with Crippen molar-refractivity contribution >= 4 is 10.0 Å². The van der Waals surface area contributed by atoms with E-state index in [1.54, 1.807) is 31.4 Å². The third kappa shape index (κ3) is 6.58. The normalized spacial score (nSPS) is 15.7. The third-order valence-electron chi connectivity index (χ3n) is 5.02. The lowest BCUT2D eigenvalue weighted by Gasteiger charge is -2.27. The maximum absolute atomic E-state index is 12.9. The first-order valence-corrected chi connectivity index (χ1v) is 11.5. The number of hydrogen-bond donors (Lipinski definition) is 1. The second kappa shape index (κ2) is 10.8. The van der Waals surface area contributed by atoms with E-state index in [1.165, 1.54) is 4.31 Å². The molecule has 29 heavy (non-hydrogen) atoms. The molecule has 0 radical (unpaired) electrons. The van der Waals surface area contributed by atoms with Crippen LogP contribution in [0.15, 0.2) is 53.6 Å². The lowest BCUT2D eigenvalue weighted by Crippen LogP contribution is -2.38. The SMILES string of the molecule is CN(CCCN1CCOCC1)S(=O)(=O)c1cccc(CNCc2ccccn2)c1. The van der Waals surface area contributed by atoms with Crippen LogP contribution >= 0.6 is 0 Å². The van der Waals surface area contributed by atoms with Crippen molar-refractivity contribution in [1.82, 2.24) is 19.5 Å². The van der Waals surface area contributed by atoms with Crippen LogP contribution in [-0.4, -0.2) is 69.0 Å². The van der Waals surface area contributed by atoms with Gasteiger partial charge in [0.1, 0.15) is 0 Å². The van der Waals surface area contributed by atoms with E-state index in [0.717, 1.165) is 50.5 Å². The Morgan fingerprint density at radius 3 is 2.72 bits per heavy atom. The van der Waals surface area contributed by atoms with E-state index in [1.807, 2.05) is 24.3 Å². The standard InChI is InChI=1S/C21H30N4O3S/c1-24(10-5-11-25-12-14-28-15-13-25)29(26,27)21-8-4-6-19(16-21)17-22-18-20-7-2-3-9-23-20/h2-4,6-9,16,22H,5,10-15,17-18H2,1H3. The number of ether oxygens (including phenoxy) is 1. The van der Waals surface area contributed by atoms with E-state index < -0.39 is 10.0 Å². The minimum Gasteiger partial charge on any atom is -0.379 e. The van der Waals surface area contributed by atoms with E-state index in [4.69, 9.17) is 4.74 Å². The zero-order valence-corrected chi connectivity index (χ0v) is 17.8. The van der Waals surface area contributed by atoms with Crippen LogP contribution in [0.4, 0.5) is 0 Å². The van der Waals surface area contributed by atoms with Crippen molar-refractivity contribution in [2.75, 3.05) is 46.4 Å². The summed E-state index contributed by atoms with van der Waals surface area (Å²) >= 11 is 0. The predicted molar refractivity (Wildman–Crippen MR) is 113 cm³/mol. The van der Waals surface area contributed by atoms with Crippen molar-refractivity contribution in [2.45, 2.75) is 24.4 Å². The summed E-state index contributed by atoms with van der Waals surface area (Å²) in [5.41, 5.74) is 1.89. The molecule has 1 saturated heterocycles. The molecule has 1 aliphatic rings. The van der Waals surface area contributed by atoms with Gasteiger partial charge in [0.25, 0.3) is 0 Å². The molecule has 0 unspecified atom stereocenters. The van der Waals surface area contributed by atoms with Gasteiger partial charge >= 0.3 is 0 Å². The summed E-state index contributed by atoms with van der Waals surface area (Å²) in [5, 5.41) is 3.31. The molecular formula is C21H30N4O3S. The highest BCUT2D eigenvalue weighted by Crippen LogP contribution is 2.16. The Bertz CT molecular complexity index is 855. The van der Waals surface area contributed by atoms with Crippen LogP contribution in [0.25, 0.3) is 0 Å². The molecule has 0 bridgehead atoms. The number of pyridine rings is 1. The summed E-state index contributed by atoms with van der Waals surface area (Å²) in [6, 6.07) is 12.9. The van der Waals surface area contributed by atoms with Gasteiger partial charge in [-0.3, -0.25) is 9.88 Å². The number of nitrogens with zero attached hydrogens (tertiary/aromatic N) is 3. The highest BCUT2D eigenvalue weighted by atomic mass is 32.2. The van der Waals surface area contributed by atoms with Gasteiger partial charge in [0, 0.05) is 46.0 Å². The van der Waals surface area contributed by atoms with Gasteiger partial charge in [-0.25, -0.2) is 12.7 Å². The van der Waals surface area contributed by atoms with Gasteiger partial charge in [0.2, 0.25) is 10.0 Å². The van der Waals surface area contributed by atoms with Crippen LogP contribution in [0.3, 0.4) is 0 Å². The number of benzene rings is 1. The van der Waals surface area contributed by atoms with Crippen molar-refractivity contribution in [3.63, 3.8) is 0 Å². The second-order valence-corrected chi connectivity index (χ2v) is 9.25. The van der Waals surface area contributed by atoms with Crippen LogP contribution in [0.1, 0.15) is 17.7 Å². The average Bonchev–Trinajstić information content (AvgIpc) is 2.75. The zero-order valence-electron chi connectivity index (χ0n) is 17.0. The molecular weight excluding hydrogens is 388 g/mol. The Hall–Kier alpha value is -1.84. The molecule has 2 heterocycles. The average molecular weight is 419 g/mol. The zero-order chi connectivity index (χ0) is 20.5. The number of rotatable bonds is 10. The quantitative estimate of drug-likeness (QED) is 0.633. The first-order chi connectivity index (χ1) is 14.1. The van der Waals surface area contributed by atoms with Crippen molar-refractivity contribution in [3.05, 3.63) is 59.9 Å². The Morgan fingerprint density at radius 1 is 1.14 bits per heavy atom. The number of sulfonamides is 1. The lowest BCUT2D eigenvalue weighted by atomic mass is 10.2. The number of morpholine rings is 1. The molecule has 0 amide bonds. The minimum absolute atomic E-state index is 0.337. The summed E-state index contributed by atoms with van der Waals surface area (Å²) in [6.07, 6.45) is 2.57. The van der Waals surface area contributed by atoms with Crippen LogP contribution < -0.4 is 5.32 Å². The first-order valence-electron chi connectivity index (χ1n) is 10.0. The Kier molecular flexibility index (Phi) is 8.14. The first kappa shape index (κ1) is 21.9. The summed E-state index contributed by atoms with van der Waals surface area (Å²) in [6.45, 7) is 5.97. The summed E-state index contributed by atoms with van der Waals surface area (Å²) in [4.78, 5) is 6.93. The lowest BCUT2D eigenvalue weighted by molar-refractivity contribution is 0.0370. The molecule has 0 atom stereocenters. The summed E-state index contributed by atoms with van der Waals surface area (Å²) in [7, 11) is -1.84. The van der Waals surface area contributed by atoms with Crippen LogP contribution in [0, 0.1) is 0 Å². The Morgan fingerprint density at radius 2 is 1.97 bits per heavy atom. The Balaban J connectivity index is 1.51. The monoisotopic (exact) mass is 418 g/mol. The molecule has 3 rings (SSSR count). The minimum atomic E-state index is -3.49. The topological polar surface area (TPSA) is 74.8 Å². The number of nitrogens with one attached hydrogen (secondary N) is 1. The fraction of sp³-hybridized carbons (Fsp3) is 0.476. The summed E-state index contributed by atoms with van der Waals surface area (Å²) < 4.78 is 32.6. The van der Waals surface area contributed by atoms with Gasteiger partial charge in [0.15, 0.2) is 0 Å². The molecule has 0 spiro atoms. The number of aromatic nitrogens is 1. The molecule has 0 saturated carbocycles. The molecule has 7 nitrogen and oxygen atoms in total. The van der Waals surface area contributed by atoms with Gasteiger partial charge in [-0.15, -0.1) is 0 Å². The van der Waals surface area contributed by atoms with E-state index in [0.29, 0.717) is 24.5 Å². The van der Waals surface area contributed by atoms with Gasteiger partial charge in [-0.05, 0) is 42.8 Å². The molecule has 1 aromatic heterocycles. The molecule has 1 N–H and O–H groups in total. The molecule has 1 fully saturated rings. The highest BCUT2D eigenvalue weighted by Gasteiger charge is 2.21. The van der Waals surface area contributed by atoms with Gasteiger partial charge in [-0.1, -0.05) is 18.2 Å².